The van der Waals surface area contributed by atoms with Gasteiger partial charge in [0.2, 0.25) is 17.7 Å². The third kappa shape index (κ3) is 8.65. The van der Waals surface area contributed by atoms with Crippen LogP contribution in [0.2, 0.25) is 0 Å². The van der Waals surface area contributed by atoms with Crippen molar-refractivity contribution in [3.05, 3.63) is 29.8 Å². The van der Waals surface area contributed by atoms with Crippen molar-refractivity contribution >= 4 is 29.8 Å². The van der Waals surface area contributed by atoms with Gasteiger partial charge >= 0.3 is 12.1 Å². The number of hydrogen-bond donors (Lipinski definition) is 4. The number of hydrogen-bond acceptors (Lipinski definition) is 8. The van der Waals surface area contributed by atoms with Crippen LogP contribution in [0.4, 0.5) is 4.79 Å². The van der Waals surface area contributed by atoms with E-state index in [1.807, 2.05) is 0 Å². The second-order valence-corrected chi connectivity index (χ2v) is 9.79. The van der Waals surface area contributed by atoms with Gasteiger partial charge in [-0.3, -0.25) is 19.2 Å². The fraction of sp³-hybridized carbons (Fsp3) is 0.560. The number of esters is 1. The maximum Gasteiger partial charge on any atom is 0.408 e. The summed E-state index contributed by atoms with van der Waals surface area (Å²) < 4.78 is 9.87. The van der Waals surface area contributed by atoms with Crippen molar-refractivity contribution in [1.29, 1.82) is 0 Å². The summed E-state index contributed by atoms with van der Waals surface area (Å²) in [6, 6.07) is 3.07. The lowest BCUT2D eigenvalue weighted by Gasteiger charge is -2.43. The Balaban J connectivity index is 2.49. The molecule has 1 aliphatic rings. The molecule has 1 saturated carbocycles. The Labute approximate surface area is 215 Å². The number of nitrogens with zero attached hydrogens (tertiary/aromatic N) is 1. The van der Waals surface area contributed by atoms with Gasteiger partial charge in [-0.25, -0.2) is 4.79 Å². The molecule has 0 heterocycles. The Kier molecular flexibility index (Phi) is 10.3. The first-order chi connectivity index (χ1) is 17.3. The molecule has 1 aromatic carbocycles. The number of ether oxygens (including phenoxy) is 2. The van der Waals surface area contributed by atoms with Gasteiger partial charge in [-0.15, -0.1) is 0 Å². The van der Waals surface area contributed by atoms with E-state index in [1.54, 1.807) is 32.9 Å². The molecule has 0 radical (unpaired) electrons. The van der Waals surface area contributed by atoms with E-state index in [2.05, 4.69) is 15.4 Å². The van der Waals surface area contributed by atoms with Crippen molar-refractivity contribution in [2.75, 3.05) is 13.7 Å². The van der Waals surface area contributed by atoms with Gasteiger partial charge in [-0.05, 0) is 52.5 Å². The minimum Gasteiger partial charge on any atom is -0.508 e. The van der Waals surface area contributed by atoms with E-state index in [0.29, 0.717) is 12.8 Å². The van der Waals surface area contributed by atoms with E-state index in [-0.39, 0.29) is 24.2 Å². The van der Waals surface area contributed by atoms with Crippen LogP contribution in [0.15, 0.2) is 24.3 Å². The quantitative estimate of drug-likeness (QED) is 0.315. The number of phenolic OH excluding ortho intramolecular Hbond substituents is 1. The van der Waals surface area contributed by atoms with Crippen molar-refractivity contribution in [3.63, 3.8) is 0 Å². The van der Waals surface area contributed by atoms with Crippen LogP contribution >= 0.6 is 0 Å². The van der Waals surface area contributed by atoms with Crippen molar-refractivity contribution in [2.24, 2.45) is 5.73 Å². The number of aromatic hydroxyl groups is 1. The molecule has 1 aliphatic carbocycles. The lowest BCUT2D eigenvalue weighted by atomic mass is 9.87. The van der Waals surface area contributed by atoms with Gasteiger partial charge in [0.05, 0.1) is 7.11 Å². The number of carbonyl (C=O) groups excluding carboxylic acids is 5. The maximum absolute atomic E-state index is 14.0. The summed E-state index contributed by atoms with van der Waals surface area (Å²) in [4.78, 5) is 64.4. The first kappa shape index (κ1) is 29.4. The Morgan fingerprint density at radius 3 is 2.32 bits per heavy atom. The molecule has 2 rings (SSSR count). The maximum atomic E-state index is 14.0. The molecule has 0 bridgehead atoms. The molecule has 0 saturated heterocycles. The predicted molar refractivity (Wildman–Crippen MR) is 132 cm³/mol. The van der Waals surface area contributed by atoms with Crippen molar-refractivity contribution in [1.82, 2.24) is 15.5 Å². The fourth-order valence-corrected chi connectivity index (χ4v) is 3.82. The highest BCUT2D eigenvalue weighted by atomic mass is 16.6. The standard InChI is InChI=1S/C25H36N4O8/c1-25(2,3)37-24(35)28-17(12-13-19(26)31)23(34)29(15-8-7-9-15)21(16-10-5-6-11-18(16)30)22(33)27-14-20(32)36-4/h5-6,10-11,15,17,21,30H,7-9,12-14H2,1-4H3,(H2,26,31)(H,27,33)(H,28,35). The second-order valence-electron chi connectivity index (χ2n) is 9.79. The number of alkyl carbamates (subject to hydrolysis) is 1. The second kappa shape index (κ2) is 12.9. The number of carbonyl (C=O) groups is 5. The number of para-hydroxylation sites is 1. The summed E-state index contributed by atoms with van der Waals surface area (Å²) in [7, 11) is 1.17. The molecule has 204 valence electrons. The molecule has 12 nitrogen and oxygen atoms in total. The summed E-state index contributed by atoms with van der Waals surface area (Å²) in [5.74, 6) is -2.98. The number of benzene rings is 1. The average Bonchev–Trinajstić information content (AvgIpc) is 2.77. The van der Waals surface area contributed by atoms with Gasteiger partial charge < -0.3 is 35.8 Å². The molecule has 2 unspecified atom stereocenters. The zero-order chi connectivity index (χ0) is 27.8. The highest BCUT2D eigenvalue weighted by Crippen LogP contribution is 2.36. The zero-order valence-electron chi connectivity index (χ0n) is 21.6. The van der Waals surface area contributed by atoms with Gasteiger partial charge in [0.15, 0.2) is 0 Å². The summed E-state index contributed by atoms with van der Waals surface area (Å²) >= 11 is 0. The van der Waals surface area contributed by atoms with E-state index < -0.39 is 60.1 Å². The molecule has 4 amide bonds. The summed E-state index contributed by atoms with van der Waals surface area (Å²) in [5, 5.41) is 15.5. The fourth-order valence-electron chi connectivity index (χ4n) is 3.82. The van der Waals surface area contributed by atoms with Gasteiger partial charge in [0.1, 0.15) is 30.0 Å². The Hall–Kier alpha value is -3.83. The molecule has 5 N–H and O–H groups in total. The number of phenols is 1. The molecule has 0 aliphatic heterocycles. The predicted octanol–water partition coefficient (Wildman–Crippen LogP) is 1.26. The van der Waals surface area contributed by atoms with Crippen LogP contribution in [0.1, 0.15) is 64.5 Å². The molecular formula is C25H36N4O8. The van der Waals surface area contributed by atoms with E-state index in [9.17, 15) is 29.1 Å². The number of nitrogens with two attached hydrogens (primary N) is 1. The summed E-state index contributed by atoms with van der Waals surface area (Å²) in [5.41, 5.74) is 4.59. The number of rotatable bonds is 11. The van der Waals surface area contributed by atoms with Crippen LogP contribution < -0.4 is 16.4 Å². The highest BCUT2D eigenvalue weighted by molar-refractivity contribution is 5.94. The van der Waals surface area contributed by atoms with E-state index in [4.69, 9.17) is 10.5 Å². The van der Waals surface area contributed by atoms with Gasteiger partial charge in [-0.1, -0.05) is 18.2 Å². The highest BCUT2D eigenvalue weighted by Gasteiger charge is 2.42. The molecule has 2 atom stereocenters. The first-order valence-corrected chi connectivity index (χ1v) is 12.1. The first-order valence-electron chi connectivity index (χ1n) is 12.1. The third-order valence-electron chi connectivity index (χ3n) is 5.78. The monoisotopic (exact) mass is 520 g/mol. The smallest absolute Gasteiger partial charge is 0.408 e. The molecule has 1 fully saturated rings. The van der Waals surface area contributed by atoms with Crippen LogP contribution in [0.5, 0.6) is 5.75 Å². The minimum atomic E-state index is -1.33. The zero-order valence-corrected chi connectivity index (χ0v) is 21.6. The van der Waals surface area contributed by atoms with E-state index in [0.717, 1.165) is 6.42 Å². The molecule has 0 spiro atoms. The van der Waals surface area contributed by atoms with E-state index in [1.165, 1.54) is 24.1 Å². The Bertz CT molecular complexity index is 1000. The number of primary amides is 1. The summed E-state index contributed by atoms with van der Waals surface area (Å²) in [6.07, 6.45) is 0.744. The van der Waals surface area contributed by atoms with Crippen LogP contribution in [0, 0.1) is 0 Å². The van der Waals surface area contributed by atoms with Crippen molar-refractivity contribution in [3.8, 4) is 5.75 Å². The van der Waals surface area contributed by atoms with Crippen molar-refractivity contribution in [2.45, 2.75) is 76.6 Å². The van der Waals surface area contributed by atoms with Crippen LogP contribution in [0.3, 0.4) is 0 Å². The van der Waals surface area contributed by atoms with Gasteiger partial charge in [0, 0.05) is 18.0 Å². The minimum absolute atomic E-state index is 0.131. The van der Waals surface area contributed by atoms with E-state index >= 15 is 0 Å². The molecule has 0 aromatic heterocycles. The van der Waals surface area contributed by atoms with Crippen LogP contribution in [-0.2, 0) is 28.7 Å². The Morgan fingerprint density at radius 2 is 1.81 bits per heavy atom. The summed E-state index contributed by atoms with van der Waals surface area (Å²) in [6.45, 7) is 4.53. The average molecular weight is 521 g/mol. The molecule has 12 heteroatoms. The van der Waals surface area contributed by atoms with Crippen LogP contribution in [0.25, 0.3) is 0 Å². The Morgan fingerprint density at radius 1 is 1.16 bits per heavy atom. The molecule has 1 aromatic rings. The number of methoxy groups -OCH3 is 1. The number of amides is 4. The largest absolute Gasteiger partial charge is 0.508 e. The third-order valence-corrected chi connectivity index (χ3v) is 5.78. The van der Waals surface area contributed by atoms with Gasteiger partial charge in [0.25, 0.3) is 0 Å². The topological polar surface area (TPSA) is 177 Å². The SMILES string of the molecule is COC(=O)CNC(=O)C(c1ccccc1O)N(C(=O)C(CCC(N)=O)NC(=O)OC(C)(C)C)C1CCC1. The normalized spacial score (nSPS) is 14.9. The van der Waals surface area contributed by atoms with Crippen LogP contribution in [-0.4, -0.2) is 71.1 Å². The van der Waals surface area contributed by atoms with Gasteiger partial charge in [-0.2, -0.15) is 0 Å². The number of nitrogens with one attached hydrogen (secondary N) is 2. The lowest BCUT2D eigenvalue weighted by molar-refractivity contribution is -0.148. The lowest BCUT2D eigenvalue weighted by Crippen LogP contribution is -2.57. The molecular weight excluding hydrogens is 484 g/mol. The molecule has 37 heavy (non-hydrogen) atoms. The van der Waals surface area contributed by atoms with Crippen molar-refractivity contribution < 1.29 is 38.6 Å².